The molecule has 4 rings (SSSR count). The third-order valence-corrected chi connectivity index (χ3v) is 9.49. The Morgan fingerprint density at radius 3 is 1.80 bits per heavy atom. The zero-order valence-corrected chi connectivity index (χ0v) is 25.8. The number of rotatable bonds is 16. The van der Waals surface area contributed by atoms with Gasteiger partial charge in [0.1, 0.15) is 11.6 Å². The summed E-state index contributed by atoms with van der Waals surface area (Å²) in [6, 6.07) is 20.0. The van der Waals surface area contributed by atoms with Crippen molar-refractivity contribution in [1.29, 1.82) is 0 Å². The van der Waals surface area contributed by atoms with Gasteiger partial charge in [0.05, 0.1) is 0 Å². The van der Waals surface area contributed by atoms with Gasteiger partial charge in [0.25, 0.3) is 0 Å². The van der Waals surface area contributed by atoms with Gasteiger partial charge in [-0.2, -0.15) is 0 Å². The average Bonchev–Trinajstić information content (AvgIpc) is 2.98. The maximum absolute atomic E-state index is 14.8. The molecule has 3 aromatic carbocycles. The average molecular weight is 579 g/mol. The maximum Gasteiger partial charge on any atom is 0.129 e. The largest absolute Gasteiger partial charge is 0.207 e. The van der Waals surface area contributed by atoms with Crippen molar-refractivity contribution in [3.63, 3.8) is 0 Å². The van der Waals surface area contributed by atoms with Crippen LogP contribution in [0.15, 0.2) is 60.7 Å². The molecule has 0 N–H and O–H groups in total. The van der Waals surface area contributed by atoms with Gasteiger partial charge in [0, 0.05) is 10.6 Å². The fraction of sp³-hybridized carbons (Fsp3) is 0.526. The van der Waals surface area contributed by atoms with Crippen LogP contribution in [-0.4, -0.2) is 0 Å². The normalized spacial score (nSPS) is 17.2. The SMILES string of the molecule is CCCCCCCCCCc1ccc(C2CCC(CCc3cc(F)c(CCc4ccc(Cl)cc4)c(F)c3)CC2)cc1. The zero-order chi connectivity index (χ0) is 28.9. The van der Waals surface area contributed by atoms with Crippen LogP contribution in [0.3, 0.4) is 0 Å². The van der Waals surface area contributed by atoms with Gasteiger partial charge < -0.3 is 0 Å². The lowest BCUT2D eigenvalue weighted by atomic mass is 9.76. The molecule has 1 aliphatic rings. The van der Waals surface area contributed by atoms with Crippen LogP contribution in [-0.2, 0) is 25.7 Å². The number of hydrogen-bond acceptors (Lipinski definition) is 0. The second kappa shape index (κ2) is 17.1. The molecule has 0 aliphatic heterocycles. The Hall–Kier alpha value is -2.19. The quantitative estimate of drug-likeness (QED) is 0.148. The van der Waals surface area contributed by atoms with E-state index in [9.17, 15) is 8.78 Å². The van der Waals surface area contributed by atoms with Gasteiger partial charge in [-0.3, -0.25) is 0 Å². The van der Waals surface area contributed by atoms with Crippen LogP contribution in [0.5, 0.6) is 0 Å². The zero-order valence-electron chi connectivity index (χ0n) is 25.1. The van der Waals surface area contributed by atoms with Crippen LogP contribution >= 0.6 is 11.6 Å². The molecule has 0 aromatic heterocycles. The highest BCUT2D eigenvalue weighted by Gasteiger charge is 2.22. The van der Waals surface area contributed by atoms with Crippen LogP contribution < -0.4 is 0 Å². The van der Waals surface area contributed by atoms with E-state index >= 15 is 0 Å². The third kappa shape index (κ3) is 10.5. The predicted octanol–water partition coefficient (Wildman–Crippen LogP) is 12.0. The molecule has 0 heterocycles. The Kier molecular flexibility index (Phi) is 13.2. The van der Waals surface area contributed by atoms with Crippen LogP contribution in [0.2, 0.25) is 5.02 Å². The summed E-state index contributed by atoms with van der Waals surface area (Å²) in [5.74, 6) is 0.466. The molecule has 1 fully saturated rings. The Balaban J connectivity index is 1.15. The van der Waals surface area contributed by atoms with E-state index in [1.807, 2.05) is 24.3 Å². The van der Waals surface area contributed by atoms with Crippen LogP contribution in [0.4, 0.5) is 8.78 Å². The second-order valence-electron chi connectivity index (χ2n) is 12.4. The molecular weight excluding hydrogens is 530 g/mol. The van der Waals surface area contributed by atoms with Crippen molar-refractivity contribution >= 4 is 11.6 Å². The smallest absolute Gasteiger partial charge is 0.129 e. The molecule has 0 unspecified atom stereocenters. The Morgan fingerprint density at radius 2 is 1.17 bits per heavy atom. The van der Waals surface area contributed by atoms with E-state index in [0.717, 1.165) is 24.0 Å². The predicted molar refractivity (Wildman–Crippen MR) is 171 cm³/mol. The van der Waals surface area contributed by atoms with Crippen LogP contribution in [0, 0.1) is 17.6 Å². The molecule has 1 saturated carbocycles. The van der Waals surface area contributed by atoms with Crippen molar-refractivity contribution in [2.45, 2.75) is 122 Å². The lowest BCUT2D eigenvalue weighted by molar-refractivity contribution is 0.310. The summed E-state index contributed by atoms with van der Waals surface area (Å²) in [7, 11) is 0. The molecule has 0 nitrogen and oxygen atoms in total. The van der Waals surface area contributed by atoms with Gasteiger partial charge in [-0.15, -0.1) is 0 Å². The molecule has 0 spiro atoms. The Bertz CT molecular complexity index is 1140. The third-order valence-electron chi connectivity index (χ3n) is 9.24. The Morgan fingerprint density at radius 1 is 0.610 bits per heavy atom. The van der Waals surface area contributed by atoms with Gasteiger partial charge >= 0.3 is 0 Å². The first kappa shape index (κ1) is 31.7. The summed E-state index contributed by atoms with van der Waals surface area (Å²) >= 11 is 5.94. The molecule has 41 heavy (non-hydrogen) atoms. The summed E-state index contributed by atoms with van der Waals surface area (Å²) in [5.41, 5.74) is 4.96. The van der Waals surface area contributed by atoms with Gasteiger partial charge in [-0.05, 0) is 123 Å². The van der Waals surface area contributed by atoms with Crippen molar-refractivity contribution in [1.82, 2.24) is 0 Å². The fourth-order valence-electron chi connectivity index (χ4n) is 6.53. The molecule has 1 aliphatic carbocycles. The summed E-state index contributed by atoms with van der Waals surface area (Å²) < 4.78 is 29.6. The molecule has 222 valence electrons. The molecule has 0 bridgehead atoms. The van der Waals surface area contributed by atoms with Gasteiger partial charge in [0.15, 0.2) is 0 Å². The maximum atomic E-state index is 14.8. The number of hydrogen-bond donors (Lipinski definition) is 0. The van der Waals surface area contributed by atoms with E-state index in [0.29, 0.717) is 29.7 Å². The molecular formula is C38H49ClF2. The topological polar surface area (TPSA) is 0 Å². The fourth-order valence-corrected chi connectivity index (χ4v) is 6.66. The van der Waals surface area contributed by atoms with Crippen LogP contribution in [0.1, 0.15) is 124 Å². The van der Waals surface area contributed by atoms with E-state index < -0.39 is 11.6 Å². The van der Waals surface area contributed by atoms with Gasteiger partial charge in [-0.25, -0.2) is 8.78 Å². The van der Waals surface area contributed by atoms with E-state index in [-0.39, 0.29) is 5.56 Å². The summed E-state index contributed by atoms with van der Waals surface area (Å²) in [4.78, 5) is 0. The van der Waals surface area contributed by atoms with Crippen molar-refractivity contribution in [3.05, 3.63) is 105 Å². The van der Waals surface area contributed by atoms with Crippen molar-refractivity contribution in [3.8, 4) is 0 Å². The van der Waals surface area contributed by atoms with E-state index in [2.05, 4.69) is 31.2 Å². The minimum Gasteiger partial charge on any atom is -0.207 e. The van der Waals surface area contributed by atoms with Crippen molar-refractivity contribution in [2.75, 3.05) is 0 Å². The number of unbranched alkanes of at least 4 members (excludes halogenated alkanes) is 7. The molecule has 0 amide bonds. The lowest BCUT2D eigenvalue weighted by Crippen LogP contribution is -2.14. The first-order valence-electron chi connectivity index (χ1n) is 16.3. The standard InChI is InChI=1S/C38H49ClF2/c1-2-3-4-5-6-7-8-9-10-29-13-20-33(21-14-29)34-22-15-30(16-23-34)11-12-32-27-37(40)36(38(41)28-32)26-19-31-17-24-35(39)25-18-31/h13-14,17-18,20-21,24-25,27-28,30,34H,2-12,15-16,19,22-23,26H2,1H3. The first-order valence-corrected chi connectivity index (χ1v) is 16.7. The highest BCUT2D eigenvalue weighted by Crippen LogP contribution is 2.38. The number of aryl methyl sites for hydroxylation is 3. The van der Waals surface area contributed by atoms with E-state index in [1.54, 1.807) is 12.1 Å². The molecule has 0 atom stereocenters. The highest BCUT2D eigenvalue weighted by molar-refractivity contribution is 6.30. The highest BCUT2D eigenvalue weighted by atomic mass is 35.5. The molecule has 3 aromatic rings. The molecule has 0 radical (unpaired) electrons. The number of halogens is 3. The summed E-state index contributed by atoms with van der Waals surface area (Å²) in [6.45, 7) is 2.28. The van der Waals surface area contributed by atoms with Crippen molar-refractivity contribution < 1.29 is 8.78 Å². The second-order valence-corrected chi connectivity index (χ2v) is 12.8. The Labute approximate surface area is 252 Å². The van der Waals surface area contributed by atoms with Gasteiger partial charge in [-0.1, -0.05) is 99.9 Å². The first-order chi connectivity index (χ1) is 20.0. The lowest BCUT2D eigenvalue weighted by Gasteiger charge is -2.29. The minimum absolute atomic E-state index is 0.188. The minimum atomic E-state index is -0.413. The van der Waals surface area contributed by atoms with Crippen molar-refractivity contribution in [2.24, 2.45) is 5.92 Å². The summed E-state index contributed by atoms with van der Waals surface area (Å²) in [6.07, 6.45) is 19.7. The van der Waals surface area contributed by atoms with E-state index in [1.165, 1.54) is 94.6 Å². The van der Waals surface area contributed by atoms with E-state index in [4.69, 9.17) is 11.6 Å². The number of benzene rings is 3. The van der Waals surface area contributed by atoms with Gasteiger partial charge in [0.2, 0.25) is 0 Å². The molecule has 0 saturated heterocycles. The molecule has 3 heteroatoms. The summed E-state index contributed by atoms with van der Waals surface area (Å²) in [5, 5.41) is 0.669. The monoisotopic (exact) mass is 578 g/mol. The van der Waals surface area contributed by atoms with Crippen LogP contribution in [0.25, 0.3) is 0 Å².